The minimum absolute atomic E-state index is 0.0134. The highest BCUT2D eigenvalue weighted by atomic mass is 19.1. The number of benzene rings is 1. The van der Waals surface area contributed by atoms with E-state index in [4.69, 9.17) is 0 Å². The van der Waals surface area contributed by atoms with Gasteiger partial charge in [0.2, 0.25) is 5.91 Å². The maximum atomic E-state index is 13.5. The molecule has 0 atom stereocenters. The average molecular weight is 315 g/mol. The van der Waals surface area contributed by atoms with Gasteiger partial charge in [0.25, 0.3) is 0 Å². The lowest BCUT2D eigenvalue weighted by atomic mass is 10.1. The first-order valence-electron chi connectivity index (χ1n) is 7.25. The molecular weight excluding hydrogens is 300 g/mol. The number of fused-ring (bicyclic) bond motifs is 1. The highest BCUT2D eigenvalue weighted by Crippen LogP contribution is 2.12. The number of nitrogens with one attached hydrogen (secondary N) is 1. The molecule has 1 amide bonds. The van der Waals surface area contributed by atoms with Crippen LogP contribution < -0.4 is 5.32 Å². The topological polar surface area (TPSA) is 46.4 Å². The summed E-state index contributed by atoms with van der Waals surface area (Å²) in [5.74, 6) is -1.43. The van der Waals surface area contributed by atoms with E-state index in [0.717, 1.165) is 5.65 Å². The van der Waals surface area contributed by atoms with Gasteiger partial charge in [0.1, 0.15) is 17.3 Å². The molecule has 1 aromatic carbocycles. The van der Waals surface area contributed by atoms with Crippen LogP contribution in [0.4, 0.5) is 8.78 Å². The molecule has 0 saturated carbocycles. The van der Waals surface area contributed by atoms with Crippen molar-refractivity contribution in [2.24, 2.45) is 0 Å². The average Bonchev–Trinajstić information content (AvgIpc) is 2.92. The van der Waals surface area contributed by atoms with Crippen LogP contribution in [0, 0.1) is 11.6 Å². The van der Waals surface area contributed by atoms with Crippen LogP contribution in [0.3, 0.4) is 0 Å². The number of hydrogen-bond acceptors (Lipinski definition) is 2. The second kappa shape index (κ2) is 6.56. The lowest BCUT2D eigenvalue weighted by Gasteiger charge is -2.06. The molecule has 4 nitrogen and oxygen atoms in total. The quantitative estimate of drug-likeness (QED) is 0.786. The molecule has 0 fully saturated rings. The van der Waals surface area contributed by atoms with Crippen LogP contribution in [0.25, 0.3) is 5.65 Å². The first-order valence-corrected chi connectivity index (χ1v) is 7.25. The zero-order valence-electron chi connectivity index (χ0n) is 12.3. The second-order valence-electron chi connectivity index (χ2n) is 5.18. The molecule has 3 rings (SSSR count). The van der Waals surface area contributed by atoms with E-state index in [1.54, 1.807) is 6.20 Å². The summed E-state index contributed by atoms with van der Waals surface area (Å²) in [5, 5.41) is 2.66. The number of pyridine rings is 1. The maximum Gasteiger partial charge on any atom is 0.226 e. The molecule has 3 aromatic rings. The van der Waals surface area contributed by atoms with E-state index >= 15 is 0 Å². The van der Waals surface area contributed by atoms with Crippen molar-refractivity contribution < 1.29 is 13.6 Å². The number of aromatic nitrogens is 2. The van der Waals surface area contributed by atoms with E-state index in [9.17, 15) is 13.6 Å². The van der Waals surface area contributed by atoms with Crippen molar-refractivity contribution >= 4 is 11.6 Å². The molecule has 0 spiro atoms. The van der Waals surface area contributed by atoms with Gasteiger partial charge in [-0.25, -0.2) is 13.8 Å². The summed E-state index contributed by atoms with van der Waals surface area (Å²) in [4.78, 5) is 16.2. The van der Waals surface area contributed by atoms with E-state index in [2.05, 4.69) is 10.3 Å². The summed E-state index contributed by atoms with van der Waals surface area (Å²) < 4.78 is 28.8. The summed E-state index contributed by atoms with van der Waals surface area (Å²) >= 11 is 0. The largest absolute Gasteiger partial charge is 0.355 e. The smallest absolute Gasteiger partial charge is 0.226 e. The van der Waals surface area contributed by atoms with Crippen LogP contribution in [0.5, 0.6) is 0 Å². The highest BCUT2D eigenvalue weighted by molar-refractivity contribution is 5.78. The third kappa shape index (κ3) is 3.53. The number of hydrogen-bond donors (Lipinski definition) is 1. The van der Waals surface area contributed by atoms with Crippen molar-refractivity contribution in [3.63, 3.8) is 0 Å². The Morgan fingerprint density at radius 2 is 1.91 bits per heavy atom. The number of rotatable bonds is 5. The standard InChI is InChI=1S/C17H15F2N3O/c18-14-4-3-5-15(19)13(14)7-8-20-17(23)10-12-11-22-9-2-1-6-16(22)21-12/h1-6,9,11H,7-8,10H2,(H,20,23). The van der Waals surface area contributed by atoms with Gasteiger partial charge in [0.05, 0.1) is 12.1 Å². The number of carbonyl (C=O) groups excluding carboxylic acids is 1. The van der Waals surface area contributed by atoms with Crippen LogP contribution >= 0.6 is 0 Å². The number of amides is 1. The van der Waals surface area contributed by atoms with Gasteiger partial charge in [-0.1, -0.05) is 12.1 Å². The van der Waals surface area contributed by atoms with Gasteiger partial charge in [-0.3, -0.25) is 4.79 Å². The van der Waals surface area contributed by atoms with Gasteiger partial charge in [0, 0.05) is 24.5 Å². The molecule has 2 heterocycles. The van der Waals surface area contributed by atoms with E-state index in [1.807, 2.05) is 28.8 Å². The monoisotopic (exact) mass is 315 g/mol. The fraction of sp³-hybridized carbons (Fsp3) is 0.176. The molecule has 0 bridgehead atoms. The summed E-state index contributed by atoms with van der Waals surface area (Å²) in [7, 11) is 0. The zero-order valence-corrected chi connectivity index (χ0v) is 12.3. The fourth-order valence-electron chi connectivity index (χ4n) is 2.40. The molecule has 0 radical (unpaired) electrons. The Morgan fingerprint density at radius 1 is 1.13 bits per heavy atom. The predicted octanol–water partition coefficient (Wildman–Crippen LogP) is 2.51. The Bertz CT molecular complexity index is 791. The highest BCUT2D eigenvalue weighted by Gasteiger charge is 2.10. The van der Waals surface area contributed by atoms with Crippen LogP contribution in [-0.2, 0) is 17.6 Å². The molecule has 0 unspecified atom stereocenters. The number of carbonyl (C=O) groups is 1. The van der Waals surface area contributed by atoms with Crippen LogP contribution in [0.2, 0.25) is 0 Å². The van der Waals surface area contributed by atoms with Crippen LogP contribution in [0.1, 0.15) is 11.3 Å². The van der Waals surface area contributed by atoms with Crippen molar-refractivity contribution in [2.45, 2.75) is 12.8 Å². The Kier molecular flexibility index (Phi) is 4.32. The Labute approximate surface area is 131 Å². The molecule has 1 N–H and O–H groups in total. The first kappa shape index (κ1) is 15.1. The SMILES string of the molecule is O=C(Cc1cn2ccccc2n1)NCCc1c(F)cccc1F. The Morgan fingerprint density at radius 3 is 2.65 bits per heavy atom. The van der Waals surface area contributed by atoms with Crippen LogP contribution in [0.15, 0.2) is 48.8 Å². The normalized spacial score (nSPS) is 10.9. The summed E-state index contributed by atoms with van der Waals surface area (Å²) in [6, 6.07) is 9.32. The molecular formula is C17H15F2N3O. The molecule has 0 aliphatic heterocycles. The summed E-state index contributed by atoms with van der Waals surface area (Å²) in [6.07, 6.45) is 3.87. The van der Waals surface area contributed by atoms with Crippen molar-refractivity contribution in [1.29, 1.82) is 0 Å². The molecule has 23 heavy (non-hydrogen) atoms. The maximum absolute atomic E-state index is 13.5. The molecule has 0 saturated heterocycles. The van der Waals surface area contributed by atoms with E-state index < -0.39 is 11.6 Å². The van der Waals surface area contributed by atoms with Gasteiger partial charge in [-0.15, -0.1) is 0 Å². The van der Waals surface area contributed by atoms with Gasteiger partial charge in [-0.2, -0.15) is 0 Å². The third-order valence-corrected chi connectivity index (χ3v) is 3.51. The number of nitrogens with zero attached hydrogens (tertiary/aromatic N) is 2. The second-order valence-corrected chi connectivity index (χ2v) is 5.18. The van der Waals surface area contributed by atoms with Gasteiger partial charge in [0.15, 0.2) is 0 Å². The number of halogens is 2. The van der Waals surface area contributed by atoms with Crippen LogP contribution in [-0.4, -0.2) is 21.8 Å². The fourth-order valence-corrected chi connectivity index (χ4v) is 2.40. The van der Waals surface area contributed by atoms with Crippen molar-refractivity contribution in [1.82, 2.24) is 14.7 Å². The summed E-state index contributed by atoms with van der Waals surface area (Å²) in [6.45, 7) is 0.171. The lowest BCUT2D eigenvalue weighted by molar-refractivity contribution is -0.120. The van der Waals surface area contributed by atoms with Crippen molar-refractivity contribution in [3.8, 4) is 0 Å². The zero-order chi connectivity index (χ0) is 16.2. The molecule has 0 aliphatic rings. The lowest BCUT2D eigenvalue weighted by Crippen LogP contribution is -2.27. The van der Waals surface area contributed by atoms with E-state index in [0.29, 0.717) is 5.69 Å². The molecule has 6 heteroatoms. The van der Waals surface area contributed by atoms with Gasteiger partial charge < -0.3 is 9.72 Å². The van der Waals surface area contributed by atoms with E-state index in [1.165, 1.54) is 18.2 Å². The van der Waals surface area contributed by atoms with Crippen molar-refractivity contribution in [2.75, 3.05) is 6.54 Å². The first-order chi connectivity index (χ1) is 11.1. The van der Waals surface area contributed by atoms with E-state index in [-0.39, 0.29) is 30.9 Å². The minimum Gasteiger partial charge on any atom is -0.355 e. The van der Waals surface area contributed by atoms with Gasteiger partial charge >= 0.3 is 0 Å². The summed E-state index contributed by atoms with van der Waals surface area (Å²) in [5.41, 5.74) is 1.40. The molecule has 118 valence electrons. The number of imidazole rings is 1. The molecule has 2 aromatic heterocycles. The van der Waals surface area contributed by atoms with Crippen molar-refractivity contribution in [3.05, 3.63) is 71.7 Å². The Hall–Kier alpha value is -2.76. The Balaban J connectivity index is 1.55. The van der Waals surface area contributed by atoms with Gasteiger partial charge in [-0.05, 0) is 30.7 Å². The predicted molar refractivity (Wildman–Crippen MR) is 82.0 cm³/mol. The minimum atomic E-state index is -0.598. The molecule has 0 aliphatic carbocycles. The third-order valence-electron chi connectivity index (χ3n) is 3.51.